The van der Waals surface area contributed by atoms with Crippen molar-refractivity contribution in [2.45, 2.75) is 52.2 Å². The van der Waals surface area contributed by atoms with Gasteiger partial charge in [0, 0.05) is 4.88 Å². The van der Waals surface area contributed by atoms with Crippen molar-refractivity contribution >= 4 is 34.1 Å². The minimum atomic E-state index is -1.05. The molecule has 0 saturated heterocycles. The number of esters is 1. The zero-order valence-corrected chi connectivity index (χ0v) is 17.4. The van der Waals surface area contributed by atoms with E-state index in [4.69, 9.17) is 15.2 Å². The molecule has 8 heteroatoms. The number of carbonyl (C=O) groups is 3. The summed E-state index contributed by atoms with van der Waals surface area (Å²) in [5.74, 6) is -1.20. The Morgan fingerprint density at radius 1 is 1.17 bits per heavy atom. The van der Waals surface area contributed by atoms with Gasteiger partial charge in [-0.2, -0.15) is 0 Å². The van der Waals surface area contributed by atoms with Crippen LogP contribution in [-0.2, 0) is 27.2 Å². The second-order valence-electron chi connectivity index (χ2n) is 7.07. The Labute approximate surface area is 173 Å². The zero-order chi connectivity index (χ0) is 21.1. The molecule has 0 unspecified atom stereocenters. The number of thiophene rings is 1. The molecule has 3 rings (SSSR count). The van der Waals surface area contributed by atoms with Gasteiger partial charge in [-0.1, -0.05) is 12.1 Å². The molecule has 0 aliphatic heterocycles. The van der Waals surface area contributed by atoms with Gasteiger partial charge >= 0.3 is 5.97 Å². The molecule has 1 aromatic heterocycles. The second-order valence-corrected chi connectivity index (χ2v) is 8.18. The number of ether oxygens (including phenoxy) is 2. The molecule has 7 nitrogen and oxygen atoms in total. The summed E-state index contributed by atoms with van der Waals surface area (Å²) >= 11 is 1.35. The minimum absolute atomic E-state index is 0.366. The van der Waals surface area contributed by atoms with Crippen LogP contribution in [0.2, 0.25) is 0 Å². The highest BCUT2D eigenvalue weighted by atomic mass is 32.1. The molecule has 0 radical (unpaired) electrons. The Bertz CT molecular complexity index is 953. The van der Waals surface area contributed by atoms with E-state index in [0.717, 1.165) is 35.3 Å². The van der Waals surface area contributed by atoms with Crippen LogP contribution in [0.5, 0.6) is 5.75 Å². The van der Waals surface area contributed by atoms with Crippen molar-refractivity contribution in [3.05, 3.63) is 45.8 Å². The van der Waals surface area contributed by atoms with Crippen LogP contribution in [0.25, 0.3) is 0 Å². The van der Waals surface area contributed by atoms with Gasteiger partial charge in [0.05, 0.1) is 5.56 Å². The quantitative estimate of drug-likeness (QED) is 0.675. The molecule has 0 saturated carbocycles. The Balaban J connectivity index is 1.61. The van der Waals surface area contributed by atoms with Crippen LogP contribution in [0.1, 0.15) is 46.6 Å². The van der Waals surface area contributed by atoms with Crippen LogP contribution in [-0.4, -0.2) is 30.0 Å². The highest BCUT2D eigenvalue weighted by Crippen LogP contribution is 2.38. The van der Waals surface area contributed by atoms with Gasteiger partial charge in [0.1, 0.15) is 10.8 Å². The lowest BCUT2D eigenvalue weighted by Gasteiger charge is -2.18. The number of hydrogen-bond acceptors (Lipinski definition) is 6. The number of benzene rings is 1. The van der Waals surface area contributed by atoms with E-state index in [9.17, 15) is 14.4 Å². The van der Waals surface area contributed by atoms with Crippen LogP contribution >= 0.6 is 11.3 Å². The molecule has 1 aliphatic carbocycles. The molecule has 0 spiro atoms. The fraction of sp³-hybridized carbons (Fsp3) is 0.381. The van der Waals surface area contributed by atoms with Crippen molar-refractivity contribution < 1.29 is 23.9 Å². The summed E-state index contributed by atoms with van der Waals surface area (Å²) in [6, 6.07) is 7.30. The predicted molar refractivity (Wildman–Crippen MR) is 110 cm³/mol. The van der Waals surface area contributed by atoms with Crippen LogP contribution < -0.4 is 15.8 Å². The molecular weight excluding hydrogens is 392 g/mol. The first-order chi connectivity index (χ1) is 13.8. The van der Waals surface area contributed by atoms with Crippen LogP contribution in [0.3, 0.4) is 0 Å². The number of nitrogens with two attached hydrogens (primary N) is 1. The number of aryl methyl sites for hydroxylation is 2. The van der Waals surface area contributed by atoms with E-state index < -0.39 is 30.0 Å². The Hall–Kier alpha value is -2.87. The monoisotopic (exact) mass is 416 g/mol. The summed E-state index contributed by atoms with van der Waals surface area (Å²) in [5.41, 5.74) is 7.79. The lowest BCUT2D eigenvalue weighted by Crippen LogP contribution is -2.35. The fourth-order valence-corrected chi connectivity index (χ4v) is 4.53. The highest BCUT2D eigenvalue weighted by molar-refractivity contribution is 7.17. The molecular formula is C21H24N2O5S. The summed E-state index contributed by atoms with van der Waals surface area (Å²) in [4.78, 5) is 37.7. The van der Waals surface area contributed by atoms with E-state index in [1.165, 1.54) is 18.3 Å². The summed E-state index contributed by atoms with van der Waals surface area (Å²) in [7, 11) is 0. The molecule has 154 valence electrons. The lowest BCUT2D eigenvalue weighted by molar-refractivity contribution is -0.159. The molecule has 2 amide bonds. The first-order valence-corrected chi connectivity index (χ1v) is 10.3. The molecule has 1 aromatic carbocycles. The van der Waals surface area contributed by atoms with Gasteiger partial charge in [-0.25, -0.2) is 4.79 Å². The lowest BCUT2D eigenvalue weighted by atomic mass is 10.1. The molecule has 0 fully saturated rings. The van der Waals surface area contributed by atoms with Crippen molar-refractivity contribution in [3.63, 3.8) is 0 Å². The third kappa shape index (κ3) is 4.76. The van der Waals surface area contributed by atoms with E-state index in [0.29, 0.717) is 16.3 Å². The normalized spacial score (nSPS) is 14.6. The molecule has 2 aromatic rings. The van der Waals surface area contributed by atoms with Crippen LogP contribution in [0, 0.1) is 6.92 Å². The van der Waals surface area contributed by atoms with Gasteiger partial charge in [0.25, 0.3) is 11.8 Å². The number of amides is 2. The average molecular weight is 416 g/mol. The summed E-state index contributed by atoms with van der Waals surface area (Å²) in [6.45, 7) is 4.95. The maximum atomic E-state index is 12.5. The summed E-state index contributed by atoms with van der Waals surface area (Å²) in [5, 5.41) is 3.10. The Morgan fingerprint density at radius 2 is 1.93 bits per heavy atom. The van der Waals surface area contributed by atoms with Crippen LogP contribution in [0.4, 0.5) is 5.00 Å². The number of nitrogens with one attached hydrogen (secondary N) is 1. The Morgan fingerprint density at radius 3 is 2.62 bits per heavy atom. The zero-order valence-electron chi connectivity index (χ0n) is 16.6. The molecule has 29 heavy (non-hydrogen) atoms. The van der Waals surface area contributed by atoms with Gasteiger partial charge in [-0.15, -0.1) is 11.3 Å². The van der Waals surface area contributed by atoms with Crippen molar-refractivity contribution in [1.82, 2.24) is 0 Å². The molecule has 3 N–H and O–H groups in total. The van der Waals surface area contributed by atoms with E-state index in [1.54, 1.807) is 19.1 Å². The molecule has 1 aliphatic rings. The molecule has 1 heterocycles. The predicted octanol–water partition coefficient (Wildman–Crippen LogP) is 2.98. The molecule has 2 atom stereocenters. The number of anilines is 1. The summed E-state index contributed by atoms with van der Waals surface area (Å²) in [6.07, 6.45) is 0.692. The first-order valence-electron chi connectivity index (χ1n) is 9.45. The molecule has 0 bridgehead atoms. The topological polar surface area (TPSA) is 108 Å². The Kier molecular flexibility index (Phi) is 6.22. The van der Waals surface area contributed by atoms with E-state index in [2.05, 4.69) is 5.32 Å². The third-order valence-electron chi connectivity index (χ3n) is 4.70. The third-order valence-corrected chi connectivity index (χ3v) is 5.91. The standard InChI is InChI=1S/C21H24N2O5S/c1-11-6-4-7-14(10-11)27-13(3)21(26)28-12(2)19(25)23-20-17(18(22)24)15-8-5-9-16(15)29-20/h4,6-7,10,12-13H,5,8-9H2,1-3H3,(H2,22,24)(H,23,25)/t12-,13+/m0/s1. The fourth-order valence-electron chi connectivity index (χ4n) is 3.23. The van der Waals surface area contributed by atoms with E-state index >= 15 is 0 Å². The van der Waals surface area contributed by atoms with Crippen LogP contribution in [0.15, 0.2) is 24.3 Å². The van der Waals surface area contributed by atoms with Crippen molar-refractivity contribution in [1.29, 1.82) is 0 Å². The van der Waals surface area contributed by atoms with Crippen molar-refractivity contribution in [2.24, 2.45) is 5.73 Å². The van der Waals surface area contributed by atoms with Gasteiger partial charge in [-0.05, 0) is 63.3 Å². The smallest absolute Gasteiger partial charge is 0.347 e. The van der Waals surface area contributed by atoms with Gasteiger partial charge < -0.3 is 20.5 Å². The van der Waals surface area contributed by atoms with E-state index in [-0.39, 0.29) is 0 Å². The number of fused-ring (bicyclic) bond motifs is 1. The summed E-state index contributed by atoms with van der Waals surface area (Å²) < 4.78 is 10.8. The first kappa shape index (κ1) is 20.9. The largest absolute Gasteiger partial charge is 0.479 e. The van der Waals surface area contributed by atoms with E-state index in [1.807, 2.05) is 19.1 Å². The number of carbonyl (C=O) groups excluding carboxylic acids is 3. The van der Waals surface area contributed by atoms with Gasteiger partial charge in [0.15, 0.2) is 12.2 Å². The minimum Gasteiger partial charge on any atom is -0.479 e. The maximum absolute atomic E-state index is 12.5. The van der Waals surface area contributed by atoms with Crippen molar-refractivity contribution in [2.75, 3.05) is 5.32 Å². The SMILES string of the molecule is Cc1cccc(O[C@H](C)C(=O)O[C@@H](C)C(=O)Nc2sc3c(c2C(N)=O)CCC3)c1. The van der Waals surface area contributed by atoms with Gasteiger partial charge in [0.2, 0.25) is 0 Å². The number of primary amides is 1. The highest BCUT2D eigenvalue weighted by Gasteiger charge is 2.28. The number of rotatable bonds is 7. The van der Waals surface area contributed by atoms with Crippen molar-refractivity contribution in [3.8, 4) is 5.75 Å². The number of hydrogen-bond donors (Lipinski definition) is 2. The average Bonchev–Trinajstić information content (AvgIpc) is 3.21. The van der Waals surface area contributed by atoms with Gasteiger partial charge in [-0.3, -0.25) is 9.59 Å². The second kappa shape index (κ2) is 8.65. The maximum Gasteiger partial charge on any atom is 0.347 e.